The van der Waals surface area contributed by atoms with E-state index < -0.39 is 0 Å². The number of benzene rings is 2. The number of imidazole rings is 1. The Hall–Kier alpha value is -2.31. The summed E-state index contributed by atoms with van der Waals surface area (Å²) in [6, 6.07) is 15.0. The van der Waals surface area contributed by atoms with Crippen LogP contribution in [0.4, 0.5) is 0 Å². The standard InChI is InChI=1S/C17H15ClN4OS/c1-11(12-6-8-13(18)9-7-12)21-22-16(23)10-24-17-19-14-4-2-3-5-15(14)20-17/h2-9H,10H2,1H3,(H,19,20)(H,22,23)/b21-11+. The van der Waals surface area contributed by atoms with E-state index in [1.807, 2.05) is 43.3 Å². The first-order chi connectivity index (χ1) is 11.6. The van der Waals surface area contributed by atoms with E-state index in [1.165, 1.54) is 11.8 Å². The molecule has 3 rings (SSSR count). The molecule has 0 atom stereocenters. The average molecular weight is 359 g/mol. The summed E-state index contributed by atoms with van der Waals surface area (Å²) < 4.78 is 0. The summed E-state index contributed by atoms with van der Waals surface area (Å²) in [5.41, 5.74) is 6.02. The Labute approximate surface area is 148 Å². The first-order valence-electron chi connectivity index (χ1n) is 7.28. The molecule has 1 aromatic heterocycles. The molecule has 0 spiro atoms. The van der Waals surface area contributed by atoms with Gasteiger partial charge in [-0.1, -0.05) is 47.6 Å². The molecule has 122 valence electrons. The Balaban J connectivity index is 1.55. The number of aromatic amines is 1. The van der Waals surface area contributed by atoms with Gasteiger partial charge in [0.05, 0.1) is 22.5 Å². The van der Waals surface area contributed by atoms with E-state index in [9.17, 15) is 4.79 Å². The van der Waals surface area contributed by atoms with Crippen molar-refractivity contribution in [3.63, 3.8) is 0 Å². The zero-order valence-electron chi connectivity index (χ0n) is 12.9. The van der Waals surface area contributed by atoms with Gasteiger partial charge in [0.2, 0.25) is 0 Å². The van der Waals surface area contributed by atoms with Gasteiger partial charge in [0.15, 0.2) is 5.16 Å². The van der Waals surface area contributed by atoms with Gasteiger partial charge in [0, 0.05) is 5.02 Å². The van der Waals surface area contributed by atoms with Crippen LogP contribution >= 0.6 is 23.4 Å². The Bertz CT molecular complexity index is 856. The average Bonchev–Trinajstić information content (AvgIpc) is 3.01. The molecule has 2 aromatic carbocycles. The minimum absolute atomic E-state index is 0.186. The van der Waals surface area contributed by atoms with Crippen LogP contribution in [0.15, 0.2) is 58.8 Å². The molecule has 0 bridgehead atoms. The lowest BCUT2D eigenvalue weighted by Crippen LogP contribution is -2.21. The van der Waals surface area contributed by atoms with Crippen molar-refractivity contribution in [3.05, 3.63) is 59.1 Å². The number of aromatic nitrogens is 2. The molecule has 7 heteroatoms. The summed E-state index contributed by atoms with van der Waals surface area (Å²) in [6.45, 7) is 1.83. The molecule has 0 aliphatic carbocycles. The Morgan fingerprint density at radius 1 is 1.25 bits per heavy atom. The number of H-pyrrole nitrogens is 1. The van der Waals surface area contributed by atoms with Gasteiger partial charge in [0.25, 0.3) is 5.91 Å². The smallest absolute Gasteiger partial charge is 0.250 e. The van der Waals surface area contributed by atoms with Crippen molar-refractivity contribution in [2.24, 2.45) is 5.10 Å². The summed E-state index contributed by atoms with van der Waals surface area (Å²) in [5, 5.41) is 5.49. The minimum Gasteiger partial charge on any atom is -0.333 e. The maximum absolute atomic E-state index is 11.9. The van der Waals surface area contributed by atoms with Crippen LogP contribution in [-0.2, 0) is 4.79 Å². The van der Waals surface area contributed by atoms with Crippen LogP contribution in [0.1, 0.15) is 12.5 Å². The number of nitrogens with one attached hydrogen (secondary N) is 2. The van der Waals surface area contributed by atoms with Crippen molar-refractivity contribution >= 4 is 46.0 Å². The lowest BCUT2D eigenvalue weighted by molar-refractivity contribution is -0.118. The molecular weight excluding hydrogens is 344 g/mol. The van der Waals surface area contributed by atoms with E-state index in [2.05, 4.69) is 20.5 Å². The Morgan fingerprint density at radius 3 is 2.75 bits per heavy atom. The predicted molar refractivity (Wildman–Crippen MR) is 98.6 cm³/mol. The maximum atomic E-state index is 11.9. The van der Waals surface area contributed by atoms with E-state index in [1.54, 1.807) is 12.1 Å². The molecule has 3 aromatic rings. The van der Waals surface area contributed by atoms with Crippen LogP contribution in [0.2, 0.25) is 5.02 Å². The second kappa shape index (κ2) is 7.51. The van der Waals surface area contributed by atoms with E-state index in [0.29, 0.717) is 15.9 Å². The van der Waals surface area contributed by atoms with Crippen LogP contribution in [-0.4, -0.2) is 27.3 Å². The fraction of sp³-hybridized carbons (Fsp3) is 0.118. The number of hydrogen-bond acceptors (Lipinski definition) is 4. The number of rotatable bonds is 5. The van der Waals surface area contributed by atoms with E-state index in [-0.39, 0.29) is 11.7 Å². The topological polar surface area (TPSA) is 70.1 Å². The van der Waals surface area contributed by atoms with E-state index >= 15 is 0 Å². The SMILES string of the molecule is C/C(=N\NC(=O)CSc1nc2ccccc2[nH]1)c1ccc(Cl)cc1. The van der Waals surface area contributed by atoms with Crippen LogP contribution in [0.25, 0.3) is 11.0 Å². The summed E-state index contributed by atoms with van der Waals surface area (Å²) in [7, 11) is 0. The number of halogens is 1. The predicted octanol–water partition coefficient (Wildman–Crippen LogP) is 3.85. The number of hydrogen-bond donors (Lipinski definition) is 2. The van der Waals surface area contributed by atoms with Gasteiger partial charge in [-0.25, -0.2) is 10.4 Å². The molecular formula is C17H15ClN4OS. The van der Waals surface area contributed by atoms with Crippen molar-refractivity contribution in [2.45, 2.75) is 12.1 Å². The lowest BCUT2D eigenvalue weighted by Gasteiger charge is -2.02. The van der Waals surface area contributed by atoms with Gasteiger partial charge >= 0.3 is 0 Å². The molecule has 24 heavy (non-hydrogen) atoms. The largest absolute Gasteiger partial charge is 0.333 e. The second-order valence-electron chi connectivity index (χ2n) is 5.09. The first kappa shape index (κ1) is 16.5. The number of fused-ring (bicyclic) bond motifs is 1. The number of hydrazone groups is 1. The number of thioether (sulfide) groups is 1. The van der Waals surface area contributed by atoms with Crippen LogP contribution in [0, 0.1) is 0 Å². The van der Waals surface area contributed by atoms with Crippen molar-refractivity contribution in [3.8, 4) is 0 Å². The summed E-state index contributed by atoms with van der Waals surface area (Å²) >= 11 is 7.19. The molecule has 0 aliphatic rings. The third-order valence-electron chi connectivity index (χ3n) is 3.32. The number of para-hydroxylation sites is 2. The quantitative estimate of drug-likeness (QED) is 0.413. The van der Waals surface area contributed by atoms with Gasteiger partial charge in [-0.2, -0.15) is 5.10 Å². The summed E-state index contributed by atoms with van der Waals surface area (Å²) in [4.78, 5) is 19.5. The number of nitrogens with zero attached hydrogens (tertiary/aromatic N) is 2. The third kappa shape index (κ3) is 4.15. The molecule has 2 N–H and O–H groups in total. The minimum atomic E-state index is -0.186. The molecule has 1 amide bonds. The van der Waals surface area contributed by atoms with Crippen LogP contribution in [0.5, 0.6) is 0 Å². The molecule has 0 aliphatic heterocycles. The van der Waals surface area contributed by atoms with Crippen LogP contribution < -0.4 is 5.43 Å². The molecule has 0 saturated carbocycles. The highest BCUT2D eigenvalue weighted by Crippen LogP contribution is 2.18. The fourth-order valence-corrected chi connectivity index (χ4v) is 2.87. The lowest BCUT2D eigenvalue weighted by atomic mass is 10.1. The highest BCUT2D eigenvalue weighted by molar-refractivity contribution is 7.99. The number of amides is 1. The van der Waals surface area contributed by atoms with Crippen molar-refractivity contribution < 1.29 is 4.79 Å². The van der Waals surface area contributed by atoms with E-state index in [4.69, 9.17) is 11.6 Å². The third-order valence-corrected chi connectivity index (χ3v) is 4.44. The van der Waals surface area contributed by atoms with Crippen molar-refractivity contribution in [1.82, 2.24) is 15.4 Å². The Morgan fingerprint density at radius 2 is 2.00 bits per heavy atom. The zero-order chi connectivity index (χ0) is 16.9. The molecule has 5 nitrogen and oxygen atoms in total. The second-order valence-corrected chi connectivity index (χ2v) is 6.49. The summed E-state index contributed by atoms with van der Waals surface area (Å²) in [6.07, 6.45) is 0. The van der Waals surface area contributed by atoms with Gasteiger partial charge in [-0.05, 0) is 36.8 Å². The number of carbonyl (C=O) groups excluding carboxylic acids is 1. The van der Waals surface area contributed by atoms with Gasteiger partial charge in [-0.3, -0.25) is 4.79 Å². The van der Waals surface area contributed by atoms with E-state index in [0.717, 1.165) is 16.6 Å². The molecule has 1 heterocycles. The van der Waals surface area contributed by atoms with Crippen molar-refractivity contribution in [1.29, 1.82) is 0 Å². The normalized spacial score (nSPS) is 11.7. The summed E-state index contributed by atoms with van der Waals surface area (Å²) in [5.74, 6) is 0.0470. The molecule has 0 saturated heterocycles. The fourth-order valence-electron chi connectivity index (χ4n) is 2.07. The van der Waals surface area contributed by atoms with Gasteiger partial charge in [0.1, 0.15) is 0 Å². The van der Waals surface area contributed by atoms with Gasteiger partial charge in [-0.15, -0.1) is 0 Å². The highest BCUT2D eigenvalue weighted by Gasteiger charge is 2.06. The maximum Gasteiger partial charge on any atom is 0.250 e. The van der Waals surface area contributed by atoms with Crippen molar-refractivity contribution in [2.75, 3.05) is 5.75 Å². The van der Waals surface area contributed by atoms with Gasteiger partial charge < -0.3 is 4.98 Å². The molecule has 0 fully saturated rings. The first-order valence-corrected chi connectivity index (χ1v) is 8.65. The van der Waals surface area contributed by atoms with Crippen LogP contribution in [0.3, 0.4) is 0 Å². The molecule has 0 unspecified atom stereocenters. The zero-order valence-corrected chi connectivity index (χ0v) is 14.5. The number of carbonyl (C=O) groups is 1. The highest BCUT2D eigenvalue weighted by atomic mass is 35.5. The monoisotopic (exact) mass is 358 g/mol. The molecule has 0 radical (unpaired) electrons. The Kier molecular flexibility index (Phi) is 5.17.